The quantitative estimate of drug-likeness (QED) is 0.228. The molecule has 0 aliphatic rings. The summed E-state index contributed by atoms with van der Waals surface area (Å²) in [6.45, 7) is 5.58. The van der Waals surface area contributed by atoms with Crippen LogP contribution >= 0.6 is 24.0 Å². The molecule has 1 rings (SSSR count). The summed E-state index contributed by atoms with van der Waals surface area (Å²) < 4.78 is 23.4. The molecule has 0 aliphatic heterocycles. The predicted octanol–water partition coefficient (Wildman–Crippen LogP) is 2.90. The van der Waals surface area contributed by atoms with Gasteiger partial charge in [0.25, 0.3) is 0 Å². The number of methoxy groups -OCH3 is 1. The average Bonchev–Trinajstić information content (AvgIpc) is 2.57. The molecule has 5 nitrogen and oxygen atoms in total. The lowest BCUT2D eigenvalue weighted by Gasteiger charge is -2.12. The number of aliphatic imine (C=N–C) groups is 1. The number of unbranched alkanes of at least 4 members (excludes halogenated alkanes) is 1. The fraction of sp³-hybridized carbons (Fsp3) is 0.611. The minimum Gasteiger partial charge on any atom is -0.382 e. The minimum absolute atomic E-state index is 0. The van der Waals surface area contributed by atoms with Crippen molar-refractivity contribution >= 4 is 29.9 Å². The number of guanidine groups is 1. The lowest BCUT2D eigenvalue weighted by Crippen LogP contribution is -2.38. The van der Waals surface area contributed by atoms with Crippen molar-refractivity contribution in [2.75, 3.05) is 47.1 Å². The van der Waals surface area contributed by atoms with Crippen molar-refractivity contribution in [3.63, 3.8) is 0 Å². The van der Waals surface area contributed by atoms with E-state index in [1.54, 1.807) is 20.2 Å². The third-order valence-corrected chi connectivity index (χ3v) is 3.65. The minimum atomic E-state index is -0.187. The molecule has 0 saturated heterocycles. The maximum Gasteiger partial charge on any atom is 0.190 e. The molecular formula is C18H31FIN3O2. The summed E-state index contributed by atoms with van der Waals surface area (Å²) in [6, 6.07) is 4.91. The van der Waals surface area contributed by atoms with E-state index < -0.39 is 0 Å². The molecule has 0 aromatic heterocycles. The van der Waals surface area contributed by atoms with Gasteiger partial charge in [0.2, 0.25) is 0 Å². The monoisotopic (exact) mass is 467 g/mol. The van der Waals surface area contributed by atoms with Gasteiger partial charge in [-0.1, -0.05) is 6.07 Å². The normalized spacial score (nSPS) is 11.1. The van der Waals surface area contributed by atoms with E-state index in [0.717, 1.165) is 56.0 Å². The van der Waals surface area contributed by atoms with E-state index in [4.69, 9.17) is 9.47 Å². The van der Waals surface area contributed by atoms with E-state index in [1.807, 2.05) is 13.0 Å². The van der Waals surface area contributed by atoms with Crippen LogP contribution in [0.25, 0.3) is 0 Å². The smallest absolute Gasteiger partial charge is 0.190 e. The van der Waals surface area contributed by atoms with E-state index in [9.17, 15) is 4.39 Å². The van der Waals surface area contributed by atoms with Crippen molar-refractivity contribution < 1.29 is 13.9 Å². The first-order chi connectivity index (χ1) is 11.7. The van der Waals surface area contributed by atoms with Gasteiger partial charge < -0.3 is 20.1 Å². The maximum atomic E-state index is 13.1. The van der Waals surface area contributed by atoms with Gasteiger partial charge in [-0.05, 0) is 49.4 Å². The highest BCUT2D eigenvalue weighted by atomic mass is 127. The largest absolute Gasteiger partial charge is 0.382 e. The maximum absolute atomic E-state index is 13.1. The lowest BCUT2D eigenvalue weighted by atomic mass is 10.1. The molecule has 0 bridgehead atoms. The first-order valence-electron chi connectivity index (χ1n) is 8.43. The van der Waals surface area contributed by atoms with Crippen molar-refractivity contribution in [1.82, 2.24) is 10.6 Å². The molecule has 0 amide bonds. The first-order valence-corrected chi connectivity index (χ1v) is 8.43. The summed E-state index contributed by atoms with van der Waals surface area (Å²) in [6.07, 6.45) is 2.85. The molecule has 0 heterocycles. The Morgan fingerprint density at radius 3 is 2.56 bits per heavy atom. The Bertz CT molecular complexity index is 501. The number of rotatable bonds is 11. The Morgan fingerprint density at radius 1 is 1.12 bits per heavy atom. The third kappa shape index (κ3) is 11.3. The molecule has 0 spiro atoms. The standard InChI is InChI=1S/C18H30FN3O2.HI/c1-15-14-17(19)7-6-16(15)8-10-22-18(20-2)21-9-4-5-11-24-13-12-23-3;/h6-7,14H,4-5,8-13H2,1-3H3,(H2,20,21,22);1H. The molecule has 1 aromatic rings. The molecule has 7 heteroatoms. The van der Waals surface area contributed by atoms with Crippen molar-refractivity contribution in [2.24, 2.45) is 4.99 Å². The highest BCUT2D eigenvalue weighted by molar-refractivity contribution is 14.0. The summed E-state index contributed by atoms with van der Waals surface area (Å²) in [5.74, 6) is 0.600. The molecule has 0 atom stereocenters. The molecule has 1 aromatic carbocycles. The number of hydrogen-bond donors (Lipinski definition) is 2. The van der Waals surface area contributed by atoms with Gasteiger partial charge in [0, 0.05) is 33.9 Å². The molecule has 0 radical (unpaired) electrons. The highest BCUT2D eigenvalue weighted by Crippen LogP contribution is 2.10. The summed E-state index contributed by atoms with van der Waals surface area (Å²) in [4.78, 5) is 4.20. The zero-order chi connectivity index (χ0) is 17.6. The number of halogens is 2. The van der Waals surface area contributed by atoms with Gasteiger partial charge >= 0.3 is 0 Å². The Balaban J connectivity index is 0.00000576. The number of benzene rings is 1. The van der Waals surface area contributed by atoms with Crippen LogP contribution in [0.1, 0.15) is 24.0 Å². The van der Waals surface area contributed by atoms with Crippen molar-refractivity contribution in [1.29, 1.82) is 0 Å². The lowest BCUT2D eigenvalue weighted by molar-refractivity contribution is 0.0689. The van der Waals surface area contributed by atoms with Crippen LogP contribution in [0, 0.1) is 12.7 Å². The summed E-state index contributed by atoms with van der Waals surface area (Å²) in [7, 11) is 3.43. The van der Waals surface area contributed by atoms with E-state index in [0.29, 0.717) is 13.2 Å². The SMILES string of the molecule is CN=C(NCCCCOCCOC)NCCc1ccc(F)cc1C.I. The summed E-state index contributed by atoms with van der Waals surface area (Å²) >= 11 is 0. The zero-order valence-corrected chi connectivity index (χ0v) is 17.8. The number of nitrogens with one attached hydrogen (secondary N) is 2. The van der Waals surface area contributed by atoms with Gasteiger partial charge in [0.1, 0.15) is 5.82 Å². The fourth-order valence-corrected chi connectivity index (χ4v) is 2.26. The van der Waals surface area contributed by atoms with Crippen LogP contribution in [0.4, 0.5) is 4.39 Å². The molecule has 0 aliphatic carbocycles. The first kappa shape index (κ1) is 24.1. The predicted molar refractivity (Wildman–Crippen MR) is 112 cm³/mol. The van der Waals surface area contributed by atoms with E-state index in [2.05, 4.69) is 15.6 Å². The van der Waals surface area contributed by atoms with Crippen LogP contribution in [0.3, 0.4) is 0 Å². The van der Waals surface area contributed by atoms with Crippen LogP contribution in [0.5, 0.6) is 0 Å². The van der Waals surface area contributed by atoms with Gasteiger partial charge in [-0.25, -0.2) is 4.39 Å². The van der Waals surface area contributed by atoms with E-state index in [-0.39, 0.29) is 29.8 Å². The van der Waals surface area contributed by atoms with Crippen molar-refractivity contribution in [2.45, 2.75) is 26.2 Å². The second-order valence-corrected chi connectivity index (χ2v) is 5.56. The highest BCUT2D eigenvalue weighted by Gasteiger charge is 2.01. The van der Waals surface area contributed by atoms with Crippen LogP contribution in [-0.4, -0.2) is 53.0 Å². The van der Waals surface area contributed by atoms with Crippen molar-refractivity contribution in [3.8, 4) is 0 Å². The molecule has 144 valence electrons. The molecule has 2 N–H and O–H groups in total. The zero-order valence-electron chi connectivity index (χ0n) is 15.4. The number of hydrogen-bond acceptors (Lipinski definition) is 3. The molecule has 0 unspecified atom stereocenters. The van der Waals surface area contributed by atoms with Crippen LogP contribution in [0.15, 0.2) is 23.2 Å². The van der Waals surface area contributed by atoms with Crippen LogP contribution < -0.4 is 10.6 Å². The Morgan fingerprint density at radius 2 is 1.88 bits per heavy atom. The average molecular weight is 467 g/mol. The molecule has 0 saturated carbocycles. The Labute approximate surface area is 167 Å². The molecular weight excluding hydrogens is 436 g/mol. The Hall–Kier alpha value is -0.930. The number of ether oxygens (including phenoxy) is 2. The fourth-order valence-electron chi connectivity index (χ4n) is 2.26. The number of nitrogens with zero attached hydrogens (tertiary/aromatic N) is 1. The molecule has 25 heavy (non-hydrogen) atoms. The second kappa shape index (κ2) is 15.3. The summed E-state index contributed by atoms with van der Waals surface area (Å²) in [5.41, 5.74) is 2.13. The van der Waals surface area contributed by atoms with Crippen LogP contribution in [-0.2, 0) is 15.9 Å². The van der Waals surface area contributed by atoms with Gasteiger partial charge in [-0.3, -0.25) is 4.99 Å². The second-order valence-electron chi connectivity index (χ2n) is 5.56. The third-order valence-electron chi connectivity index (χ3n) is 3.65. The van der Waals surface area contributed by atoms with Gasteiger partial charge in [-0.15, -0.1) is 24.0 Å². The van der Waals surface area contributed by atoms with E-state index in [1.165, 1.54) is 6.07 Å². The van der Waals surface area contributed by atoms with Gasteiger partial charge in [0.05, 0.1) is 13.2 Å². The van der Waals surface area contributed by atoms with Crippen molar-refractivity contribution in [3.05, 3.63) is 35.1 Å². The molecule has 0 fully saturated rings. The van der Waals surface area contributed by atoms with Gasteiger partial charge in [-0.2, -0.15) is 0 Å². The summed E-state index contributed by atoms with van der Waals surface area (Å²) in [5, 5.41) is 6.56. The Kier molecular flexibility index (Phi) is 14.8. The topological polar surface area (TPSA) is 54.9 Å². The van der Waals surface area contributed by atoms with Crippen LogP contribution in [0.2, 0.25) is 0 Å². The van der Waals surface area contributed by atoms with Gasteiger partial charge in [0.15, 0.2) is 5.96 Å². The van der Waals surface area contributed by atoms with E-state index >= 15 is 0 Å². The number of aryl methyl sites for hydroxylation is 1.